The van der Waals surface area contributed by atoms with Crippen molar-refractivity contribution in [2.75, 3.05) is 19.0 Å². The number of nitrogens with one attached hydrogen (secondary N) is 1. The molecule has 19 heavy (non-hydrogen) atoms. The lowest BCUT2D eigenvalue weighted by Gasteiger charge is -2.20. The van der Waals surface area contributed by atoms with Crippen molar-refractivity contribution in [3.8, 4) is 11.5 Å². The van der Waals surface area contributed by atoms with Gasteiger partial charge < -0.3 is 19.5 Å². The van der Waals surface area contributed by atoms with E-state index < -0.39 is 11.9 Å². The molecule has 1 aliphatic rings. The van der Waals surface area contributed by atoms with Crippen LogP contribution in [0.2, 0.25) is 0 Å². The van der Waals surface area contributed by atoms with Gasteiger partial charge in [-0.25, -0.2) is 9.59 Å². The van der Waals surface area contributed by atoms with E-state index in [2.05, 4.69) is 5.32 Å². The summed E-state index contributed by atoms with van der Waals surface area (Å²) in [7, 11) is 1.52. The first-order valence-electron chi connectivity index (χ1n) is 5.69. The molecule has 0 saturated heterocycles. The van der Waals surface area contributed by atoms with E-state index in [4.69, 9.17) is 14.2 Å². The van der Waals surface area contributed by atoms with Crippen molar-refractivity contribution in [2.24, 2.45) is 0 Å². The van der Waals surface area contributed by atoms with Gasteiger partial charge in [0.05, 0.1) is 25.5 Å². The highest BCUT2D eigenvalue weighted by molar-refractivity contribution is 6.02. The summed E-state index contributed by atoms with van der Waals surface area (Å²) < 4.78 is 14.9. The number of esters is 2. The number of methoxy groups -OCH3 is 1. The smallest absolute Gasteiger partial charge is 0.360 e. The van der Waals surface area contributed by atoms with Crippen LogP contribution in [0.5, 0.6) is 11.5 Å². The second-order valence-electron chi connectivity index (χ2n) is 3.69. The molecule has 0 bridgehead atoms. The lowest BCUT2D eigenvalue weighted by Crippen LogP contribution is -2.24. The fraction of sp³-hybridized carbons (Fsp3) is 0.231. The van der Waals surface area contributed by atoms with Gasteiger partial charge in [-0.2, -0.15) is 0 Å². The third-order valence-corrected chi connectivity index (χ3v) is 2.43. The van der Waals surface area contributed by atoms with Crippen molar-refractivity contribution in [3.05, 3.63) is 30.0 Å². The Kier molecular flexibility index (Phi) is 3.70. The zero-order chi connectivity index (χ0) is 13.8. The fourth-order valence-corrected chi connectivity index (χ4v) is 1.57. The predicted molar refractivity (Wildman–Crippen MR) is 67.0 cm³/mol. The molecule has 0 unspecified atom stereocenters. The highest BCUT2D eigenvalue weighted by atomic mass is 16.5. The zero-order valence-corrected chi connectivity index (χ0v) is 10.6. The van der Waals surface area contributed by atoms with Gasteiger partial charge in [-0.05, 0) is 19.1 Å². The number of hydrogen-bond acceptors (Lipinski definition) is 6. The molecule has 6 nitrogen and oxygen atoms in total. The molecule has 0 aromatic heterocycles. The minimum Gasteiger partial charge on any atom is -0.497 e. The van der Waals surface area contributed by atoms with E-state index in [-0.39, 0.29) is 12.3 Å². The molecule has 6 heteroatoms. The number of fused-ring (bicyclic) bond motifs is 1. The summed E-state index contributed by atoms with van der Waals surface area (Å²) in [5.74, 6) is -0.316. The van der Waals surface area contributed by atoms with Gasteiger partial charge in [0.2, 0.25) is 0 Å². The molecule has 2 rings (SSSR count). The monoisotopic (exact) mass is 263 g/mol. The van der Waals surface area contributed by atoms with Crippen molar-refractivity contribution < 1.29 is 23.8 Å². The third-order valence-electron chi connectivity index (χ3n) is 2.43. The lowest BCUT2D eigenvalue weighted by atomic mass is 10.2. The molecule has 0 spiro atoms. The maximum Gasteiger partial charge on any atom is 0.360 e. The number of hydrogen-bond donors (Lipinski definition) is 1. The largest absolute Gasteiger partial charge is 0.497 e. The standard InChI is InChI=1S/C13H13NO5/c1-3-18-12(15)7-10-13(16)19-11-6-8(17-2)4-5-9(11)14-10/h4-7,14H,3H2,1-2H3/b10-7-. The molecule has 1 aliphatic heterocycles. The molecule has 1 aromatic rings. The molecule has 0 atom stereocenters. The Hall–Kier alpha value is -2.50. The van der Waals surface area contributed by atoms with Gasteiger partial charge >= 0.3 is 11.9 Å². The molecule has 0 amide bonds. The van der Waals surface area contributed by atoms with Gasteiger partial charge in [-0.15, -0.1) is 0 Å². The Morgan fingerprint density at radius 3 is 2.95 bits per heavy atom. The molecule has 0 aliphatic carbocycles. The van der Waals surface area contributed by atoms with E-state index in [9.17, 15) is 9.59 Å². The average Bonchev–Trinajstić information content (AvgIpc) is 2.39. The highest BCUT2D eigenvalue weighted by Crippen LogP contribution is 2.33. The predicted octanol–water partition coefficient (Wildman–Crippen LogP) is 1.47. The quantitative estimate of drug-likeness (QED) is 0.506. The normalized spacial score (nSPS) is 15.3. The summed E-state index contributed by atoms with van der Waals surface area (Å²) in [5.41, 5.74) is 0.618. The minimum atomic E-state index is -0.645. The Labute approximate surface area is 110 Å². The van der Waals surface area contributed by atoms with Crippen LogP contribution in [0.1, 0.15) is 6.92 Å². The summed E-state index contributed by atoms with van der Waals surface area (Å²) in [6.07, 6.45) is 1.07. The Morgan fingerprint density at radius 1 is 1.47 bits per heavy atom. The number of carbonyl (C=O) groups is 2. The van der Waals surface area contributed by atoms with Crippen LogP contribution in [-0.2, 0) is 14.3 Å². The van der Waals surface area contributed by atoms with Crippen LogP contribution >= 0.6 is 0 Å². The van der Waals surface area contributed by atoms with Crippen molar-refractivity contribution in [1.29, 1.82) is 0 Å². The van der Waals surface area contributed by atoms with Crippen LogP contribution < -0.4 is 14.8 Å². The molecule has 1 N–H and O–H groups in total. The van der Waals surface area contributed by atoms with Crippen LogP contribution in [0.15, 0.2) is 30.0 Å². The lowest BCUT2D eigenvalue weighted by molar-refractivity contribution is -0.138. The summed E-state index contributed by atoms with van der Waals surface area (Å²) in [5, 5.41) is 2.82. The molecular formula is C13H13NO5. The van der Waals surface area contributed by atoms with Crippen LogP contribution in [0.3, 0.4) is 0 Å². The Balaban J connectivity index is 2.25. The highest BCUT2D eigenvalue weighted by Gasteiger charge is 2.23. The van der Waals surface area contributed by atoms with E-state index in [0.717, 1.165) is 6.08 Å². The van der Waals surface area contributed by atoms with Crippen molar-refractivity contribution in [1.82, 2.24) is 0 Å². The Morgan fingerprint density at radius 2 is 2.26 bits per heavy atom. The SMILES string of the molecule is CCOC(=O)/C=C1\Nc2ccc(OC)cc2OC1=O. The van der Waals surface area contributed by atoms with E-state index in [1.54, 1.807) is 25.1 Å². The minimum absolute atomic E-state index is 0.0381. The summed E-state index contributed by atoms with van der Waals surface area (Å²) in [6, 6.07) is 4.99. The number of ether oxygens (including phenoxy) is 3. The van der Waals surface area contributed by atoms with Gasteiger partial charge in [0.25, 0.3) is 0 Å². The van der Waals surface area contributed by atoms with E-state index >= 15 is 0 Å². The van der Waals surface area contributed by atoms with Crippen LogP contribution in [-0.4, -0.2) is 25.7 Å². The third kappa shape index (κ3) is 2.85. The van der Waals surface area contributed by atoms with Gasteiger partial charge in [-0.3, -0.25) is 0 Å². The summed E-state index contributed by atoms with van der Waals surface area (Å²) in [4.78, 5) is 23.0. The maximum atomic E-state index is 11.7. The molecule has 1 heterocycles. The molecule has 0 fully saturated rings. The van der Waals surface area contributed by atoms with Gasteiger partial charge in [-0.1, -0.05) is 0 Å². The summed E-state index contributed by atoms with van der Waals surface area (Å²) >= 11 is 0. The summed E-state index contributed by atoms with van der Waals surface area (Å²) in [6.45, 7) is 1.93. The Bertz CT molecular complexity index is 550. The topological polar surface area (TPSA) is 73.9 Å². The molecule has 100 valence electrons. The van der Waals surface area contributed by atoms with Crippen LogP contribution in [0.4, 0.5) is 5.69 Å². The van der Waals surface area contributed by atoms with Gasteiger partial charge in [0.15, 0.2) is 5.75 Å². The van der Waals surface area contributed by atoms with Crippen LogP contribution in [0, 0.1) is 0 Å². The van der Waals surface area contributed by atoms with Gasteiger partial charge in [0.1, 0.15) is 11.4 Å². The number of rotatable bonds is 3. The average molecular weight is 263 g/mol. The van der Waals surface area contributed by atoms with E-state index in [1.807, 2.05) is 0 Å². The first-order valence-corrected chi connectivity index (χ1v) is 5.69. The van der Waals surface area contributed by atoms with Crippen molar-refractivity contribution in [3.63, 3.8) is 0 Å². The number of carbonyl (C=O) groups excluding carboxylic acids is 2. The molecule has 1 aromatic carbocycles. The van der Waals surface area contributed by atoms with Crippen LogP contribution in [0.25, 0.3) is 0 Å². The second-order valence-corrected chi connectivity index (χ2v) is 3.69. The maximum absolute atomic E-state index is 11.7. The van der Waals surface area contributed by atoms with E-state index in [0.29, 0.717) is 17.2 Å². The molecular weight excluding hydrogens is 250 g/mol. The second kappa shape index (κ2) is 5.43. The fourth-order valence-electron chi connectivity index (χ4n) is 1.57. The number of anilines is 1. The number of benzene rings is 1. The first-order chi connectivity index (χ1) is 9.13. The van der Waals surface area contributed by atoms with Gasteiger partial charge in [0, 0.05) is 6.07 Å². The van der Waals surface area contributed by atoms with Crippen molar-refractivity contribution >= 4 is 17.6 Å². The zero-order valence-electron chi connectivity index (χ0n) is 10.6. The van der Waals surface area contributed by atoms with Crippen molar-refractivity contribution in [2.45, 2.75) is 6.92 Å². The molecule has 0 saturated carbocycles. The van der Waals surface area contributed by atoms with E-state index in [1.165, 1.54) is 7.11 Å². The first kappa shape index (κ1) is 12.9. The molecule has 0 radical (unpaired) electrons.